The van der Waals surface area contributed by atoms with E-state index in [1.807, 2.05) is 13.0 Å². The number of aryl methyl sites for hydroxylation is 2. The topological polar surface area (TPSA) is 29.9 Å². The summed E-state index contributed by atoms with van der Waals surface area (Å²) in [7, 11) is 0. The molecule has 3 nitrogen and oxygen atoms in total. The molecule has 1 aliphatic rings. The van der Waals surface area contributed by atoms with Gasteiger partial charge in [0.05, 0.1) is 11.4 Å². The Labute approximate surface area is 138 Å². The number of fused-ring (bicyclic) bond motifs is 3. The molecule has 2 aromatic carbocycles. The second-order valence-corrected chi connectivity index (χ2v) is 6.68. The minimum absolute atomic E-state index is 0.0106. The Hall–Kier alpha value is -2.07. The highest BCUT2D eigenvalue weighted by atomic mass is 79.9. The van der Waals surface area contributed by atoms with E-state index in [-0.39, 0.29) is 6.17 Å². The van der Waals surface area contributed by atoms with Crippen LogP contribution in [0, 0.1) is 13.8 Å². The maximum absolute atomic E-state index is 4.71. The van der Waals surface area contributed by atoms with E-state index >= 15 is 0 Å². The van der Waals surface area contributed by atoms with Crippen LogP contribution in [0.15, 0.2) is 53.0 Å². The highest BCUT2D eigenvalue weighted by Crippen LogP contribution is 2.39. The fraction of sp³-hybridized carbons (Fsp3) is 0.167. The van der Waals surface area contributed by atoms with Gasteiger partial charge >= 0.3 is 0 Å². The molecule has 1 atom stereocenters. The second-order valence-electron chi connectivity index (χ2n) is 5.77. The monoisotopic (exact) mass is 353 g/mol. The van der Waals surface area contributed by atoms with Crippen LogP contribution in [0.4, 0.5) is 5.69 Å². The van der Waals surface area contributed by atoms with Crippen LogP contribution in [-0.2, 0) is 0 Å². The SMILES string of the molecule is Cc1ccc2c(c1)-c1cc(C)nn1C(c1cccc(Br)c1)N2. The summed E-state index contributed by atoms with van der Waals surface area (Å²) in [6.07, 6.45) is 0.0106. The van der Waals surface area contributed by atoms with Gasteiger partial charge in [0, 0.05) is 15.7 Å². The zero-order valence-corrected chi connectivity index (χ0v) is 14.1. The average Bonchev–Trinajstić information content (AvgIpc) is 2.88. The highest BCUT2D eigenvalue weighted by molar-refractivity contribution is 9.10. The molecule has 1 aliphatic heterocycles. The lowest BCUT2D eigenvalue weighted by molar-refractivity contribution is 0.571. The van der Waals surface area contributed by atoms with Gasteiger partial charge in [-0.25, -0.2) is 4.68 Å². The Balaban J connectivity index is 1.92. The van der Waals surface area contributed by atoms with Crippen molar-refractivity contribution < 1.29 is 0 Å². The van der Waals surface area contributed by atoms with E-state index in [1.165, 1.54) is 22.4 Å². The first-order valence-electron chi connectivity index (χ1n) is 7.31. The summed E-state index contributed by atoms with van der Waals surface area (Å²) in [5, 5.41) is 8.32. The number of halogens is 1. The number of nitrogens with zero attached hydrogens (tertiary/aromatic N) is 2. The number of benzene rings is 2. The molecular formula is C18H16BrN3. The molecule has 110 valence electrons. The van der Waals surface area contributed by atoms with E-state index in [4.69, 9.17) is 5.10 Å². The van der Waals surface area contributed by atoms with E-state index in [9.17, 15) is 0 Å². The molecule has 0 saturated carbocycles. The summed E-state index contributed by atoms with van der Waals surface area (Å²) in [5.74, 6) is 0. The lowest BCUT2D eigenvalue weighted by Gasteiger charge is -2.29. The summed E-state index contributed by atoms with van der Waals surface area (Å²) < 4.78 is 3.16. The number of aromatic nitrogens is 2. The number of anilines is 1. The Kier molecular flexibility index (Phi) is 3.08. The molecule has 4 heteroatoms. The third-order valence-electron chi connectivity index (χ3n) is 4.01. The predicted molar refractivity (Wildman–Crippen MR) is 93.0 cm³/mol. The lowest BCUT2D eigenvalue weighted by Crippen LogP contribution is -2.25. The van der Waals surface area contributed by atoms with Crippen molar-refractivity contribution in [3.05, 3.63) is 69.8 Å². The number of rotatable bonds is 1. The van der Waals surface area contributed by atoms with Crippen LogP contribution >= 0.6 is 15.9 Å². The summed E-state index contributed by atoms with van der Waals surface area (Å²) >= 11 is 3.56. The summed E-state index contributed by atoms with van der Waals surface area (Å²) in [4.78, 5) is 0. The molecule has 22 heavy (non-hydrogen) atoms. The van der Waals surface area contributed by atoms with Crippen LogP contribution < -0.4 is 5.32 Å². The maximum Gasteiger partial charge on any atom is 0.147 e. The second kappa shape index (κ2) is 4.99. The van der Waals surface area contributed by atoms with Crippen molar-refractivity contribution >= 4 is 21.6 Å². The minimum atomic E-state index is 0.0106. The van der Waals surface area contributed by atoms with E-state index in [0.717, 1.165) is 15.9 Å². The van der Waals surface area contributed by atoms with Gasteiger partial charge in [0.15, 0.2) is 0 Å². The smallest absolute Gasteiger partial charge is 0.147 e. The van der Waals surface area contributed by atoms with Crippen molar-refractivity contribution in [3.63, 3.8) is 0 Å². The molecule has 0 saturated heterocycles. The van der Waals surface area contributed by atoms with Crippen molar-refractivity contribution in [1.82, 2.24) is 9.78 Å². The zero-order chi connectivity index (χ0) is 15.3. The lowest BCUT2D eigenvalue weighted by atomic mass is 10.0. The fourth-order valence-corrected chi connectivity index (χ4v) is 3.44. The Morgan fingerprint density at radius 2 is 1.95 bits per heavy atom. The standard InChI is InChI=1S/C18H16BrN3/c1-11-6-7-16-15(8-11)17-9-12(2)21-22(17)18(20-16)13-4-3-5-14(19)10-13/h3-10,18,20H,1-2H3. The number of nitrogens with one attached hydrogen (secondary N) is 1. The van der Waals surface area contributed by atoms with Crippen LogP contribution in [0.25, 0.3) is 11.3 Å². The van der Waals surface area contributed by atoms with E-state index in [1.54, 1.807) is 0 Å². The van der Waals surface area contributed by atoms with Gasteiger partial charge in [-0.2, -0.15) is 5.10 Å². The first kappa shape index (κ1) is 13.6. The Morgan fingerprint density at radius 3 is 2.77 bits per heavy atom. The summed E-state index contributed by atoms with van der Waals surface area (Å²) in [5.41, 5.74) is 7.01. The number of hydrogen-bond acceptors (Lipinski definition) is 2. The summed E-state index contributed by atoms with van der Waals surface area (Å²) in [6, 6.07) is 17.0. The average molecular weight is 354 g/mol. The third-order valence-corrected chi connectivity index (χ3v) is 4.50. The Bertz CT molecular complexity index is 867. The molecule has 0 fully saturated rings. The van der Waals surface area contributed by atoms with Crippen molar-refractivity contribution in [2.45, 2.75) is 20.0 Å². The number of hydrogen-bond donors (Lipinski definition) is 1. The van der Waals surface area contributed by atoms with Gasteiger partial charge in [-0.1, -0.05) is 39.7 Å². The molecule has 0 spiro atoms. The maximum atomic E-state index is 4.71. The fourth-order valence-electron chi connectivity index (χ4n) is 3.02. The van der Waals surface area contributed by atoms with Gasteiger partial charge in [0.1, 0.15) is 6.17 Å². The van der Waals surface area contributed by atoms with Crippen LogP contribution in [0.2, 0.25) is 0 Å². The van der Waals surface area contributed by atoms with Crippen molar-refractivity contribution in [3.8, 4) is 11.3 Å². The molecular weight excluding hydrogens is 338 g/mol. The van der Waals surface area contributed by atoms with Crippen molar-refractivity contribution in [2.24, 2.45) is 0 Å². The first-order valence-corrected chi connectivity index (χ1v) is 8.10. The molecule has 1 N–H and O–H groups in total. The molecule has 0 amide bonds. The van der Waals surface area contributed by atoms with Crippen molar-refractivity contribution in [2.75, 3.05) is 5.32 Å². The third kappa shape index (κ3) is 2.15. The quantitative estimate of drug-likeness (QED) is 0.674. The Morgan fingerprint density at radius 1 is 1.09 bits per heavy atom. The summed E-state index contributed by atoms with van der Waals surface area (Å²) in [6.45, 7) is 4.16. The van der Waals surface area contributed by atoms with Crippen molar-refractivity contribution in [1.29, 1.82) is 0 Å². The molecule has 1 aromatic heterocycles. The van der Waals surface area contributed by atoms with Gasteiger partial charge in [-0.3, -0.25) is 0 Å². The van der Waals surface area contributed by atoms with Gasteiger partial charge in [-0.15, -0.1) is 0 Å². The zero-order valence-electron chi connectivity index (χ0n) is 12.5. The van der Waals surface area contributed by atoms with Crippen LogP contribution in [0.1, 0.15) is 23.0 Å². The molecule has 1 unspecified atom stereocenters. The van der Waals surface area contributed by atoms with Gasteiger partial charge in [0.25, 0.3) is 0 Å². The van der Waals surface area contributed by atoms with Crippen LogP contribution in [-0.4, -0.2) is 9.78 Å². The van der Waals surface area contributed by atoms with E-state index < -0.39 is 0 Å². The van der Waals surface area contributed by atoms with Crippen LogP contribution in [0.5, 0.6) is 0 Å². The van der Waals surface area contributed by atoms with Gasteiger partial charge in [0.2, 0.25) is 0 Å². The predicted octanol–water partition coefficient (Wildman–Crippen LogP) is 4.90. The molecule has 4 rings (SSSR count). The molecule has 0 bridgehead atoms. The van der Waals surface area contributed by atoms with Crippen LogP contribution in [0.3, 0.4) is 0 Å². The minimum Gasteiger partial charge on any atom is -0.359 e. The molecule has 2 heterocycles. The normalized spacial score (nSPS) is 15.9. The molecule has 3 aromatic rings. The molecule has 0 radical (unpaired) electrons. The highest BCUT2D eigenvalue weighted by Gasteiger charge is 2.26. The largest absolute Gasteiger partial charge is 0.359 e. The van der Waals surface area contributed by atoms with Gasteiger partial charge in [-0.05, 0) is 49.7 Å². The first-order chi connectivity index (χ1) is 10.6. The molecule has 0 aliphatic carbocycles. The van der Waals surface area contributed by atoms with Gasteiger partial charge < -0.3 is 5.32 Å². The van der Waals surface area contributed by atoms with E-state index in [2.05, 4.69) is 75.3 Å². The van der Waals surface area contributed by atoms with E-state index in [0.29, 0.717) is 0 Å².